The maximum absolute atomic E-state index is 12.0. The number of carbonyl (C=O) groups excluding carboxylic acids is 1. The predicted octanol–water partition coefficient (Wildman–Crippen LogP) is 3.19. The van der Waals surface area contributed by atoms with Crippen LogP contribution < -0.4 is 10.6 Å². The summed E-state index contributed by atoms with van der Waals surface area (Å²) >= 11 is 0. The molecular formula is C17H25N3O2. The standard InChI is InChI=1S/C17H25N3O2/c1-4-8-20-9-7-14-5-6-15(10-16(14)20)19-17(22)18-13(3)12(2)11-21/h5-7,9-10,12-13,21H,4,8,11H2,1-3H3,(H2,18,19,22). The van der Waals surface area contributed by atoms with Crippen LogP contribution in [0.1, 0.15) is 27.2 Å². The number of urea groups is 1. The molecule has 2 atom stereocenters. The quantitative estimate of drug-likeness (QED) is 0.767. The Bertz CT molecular complexity index is 636. The first-order valence-corrected chi connectivity index (χ1v) is 7.82. The minimum Gasteiger partial charge on any atom is -0.396 e. The summed E-state index contributed by atoms with van der Waals surface area (Å²) in [5, 5.41) is 16.0. The molecule has 0 spiro atoms. The zero-order valence-corrected chi connectivity index (χ0v) is 13.5. The smallest absolute Gasteiger partial charge is 0.319 e. The van der Waals surface area contributed by atoms with Gasteiger partial charge in [0.05, 0.1) is 5.52 Å². The second kappa shape index (κ2) is 7.31. The lowest BCUT2D eigenvalue weighted by Crippen LogP contribution is -2.40. The molecule has 0 aliphatic rings. The van der Waals surface area contributed by atoms with Crippen molar-refractivity contribution in [3.8, 4) is 0 Å². The number of hydrogen-bond donors (Lipinski definition) is 3. The molecule has 1 aromatic carbocycles. The summed E-state index contributed by atoms with van der Waals surface area (Å²) in [6.45, 7) is 6.94. The highest BCUT2D eigenvalue weighted by atomic mass is 16.3. The number of aliphatic hydroxyl groups excluding tert-OH is 1. The highest BCUT2D eigenvalue weighted by molar-refractivity contribution is 5.92. The van der Waals surface area contributed by atoms with E-state index >= 15 is 0 Å². The van der Waals surface area contributed by atoms with Gasteiger partial charge in [0.2, 0.25) is 0 Å². The lowest BCUT2D eigenvalue weighted by molar-refractivity contribution is 0.204. The molecule has 2 unspecified atom stereocenters. The van der Waals surface area contributed by atoms with E-state index in [0.29, 0.717) is 0 Å². The van der Waals surface area contributed by atoms with Gasteiger partial charge in [-0.25, -0.2) is 4.79 Å². The van der Waals surface area contributed by atoms with E-state index in [1.54, 1.807) is 0 Å². The first-order chi connectivity index (χ1) is 10.5. The summed E-state index contributed by atoms with van der Waals surface area (Å²) in [4.78, 5) is 12.0. The molecule has 0 aliphatic heterocycles. The molecule has 0 bridgehead atoms. The Hall–Kier alpha value is -2.01. The Kier molecular flexibility index (Phi) is 5.44. The van der Waals surface area contributed by atoms with Gasteiger partial charge in [-0.1, -0.05) is 19.9 Å². The summed E-state index contributed by atoms with van der Waals surface area (Å²) < 4.78 is 2.19. The van der Waals surface area contributed by atoms with Crippen LogP contribution in [-0.4, -0.2) is 28.4 Å². The van der Waals surface area contributed by atoms with Crippen molar-refractivity contribution in [3.05, 3.63) is 30.5 Å². The monoisotopic (exact) mass is 303 g/mol. The van der Waals surface area contributed by atoms with Crippen molar-refractivity contribution in [2.75, 3.05) is 11.9 Å². The molecule has 0 saturated heterocycles. The van der Waals surface area contributed by atoms with Gasteiger partial charge >= 0.3 is 6.03 Å². The molecule has 2 aromatic rings. The molecule has 2 amide bonds. The minimum atomic E-state index is -0.249. The second-order valence-corrected chi connectivity index (χ2v) is 5.83. The molecule has 5 heteroatoms. The van der Waals surface area contributed by atoms with Crippen molar-refractivity contribution in [1.29, 1.82) is 0 Å². The Morgan fingerprint density at radius 3 is 2.77 bits per heavy atom. The highest BCUT2D eigenvalue weighted by Gasteiger charge is 2.14. The molecule has 5 nitrogen and oxygen atoms in total. The van der Waals surface area contributed by atoms with E-state index < -0.39 is 0 Å². The number of benzene rings is 1. The summed E-state index contributed by atoms with van der Waals surface area (Å²) in [6, 6.07) is 7.65. The zero-order chi connectivity index (χ0) is 16.1. The van der Waals surface area contributed by atoms with E-state index in [4.69, 9.17) is 5.11 Å². The number of rotatable bonds is 6. The Morgan fingerprint density at radius 2 is 2.09 bits per heavy atom. The molecule has 3 N–H and O–H groups in total. The zero-order valence-electron chi connectivity index (χ0n) is 13.5. The van der Waals surface area contributed by atoms with E-state index in [1.165, 1.54) is 5.39 Å². The van der Waals surface area contributed by atoms with Crippen LogP contribution >= 0.6 is 0 Å². The second-order valence-electron chi connectivity index (χ2n) is 5.83. The van der Waals surface area contributed by atoms with E-state index in [0.717, 1.165) is 24.2 Å². The predicted molar refractivity (Wildman–Crippen MR) is 90.1 cm³/mol. The van der Waals surface area contributed by atoms with Crippen LogP contribution in [0.15, 0.2) is 30.5 Å². The van der Waals surface area contributed by atoms with Crippen LogP contribution in [0.25, 0.3) is 10.9 Å². The van der Waals surface area contributed by atoms with E-state index in [9.17, 15) is 4.79 Å². The average molecular weight is 303 g/mol. The van der Waals surface area contributed by atoms with Gasteiger partial charge in [-0.05, 0) is 42.8 Å². The van der Waals surface area contributed by atoms with Crippen LogP contribution in [0.5, 0.6) is 0 Å². The summed E-state index contributed by atoms with van der Waals surface area (Å²) in [6.07, 6.45) is 3.14. The van der Waals surface area contributed by atoms with Crippen molar-refractivity contribution in [2.45, 2.75) is 39.8 Å². The fraction of sp³-hybridized carbons (Fsp3) is 0.471. The topological polar surface area (TPSA) is 66.3 Å². The number of carbonyl (C=O) groups is 1. The number of hydrogen-bond acceptors (Lipinski definition) is 2. The molecule has 0 fully saturated rings. The van der Waals surface area contributed by atoms with Gasteiger partial charge in [0.15, 0.2) is 0 Å². The number of fused-ring (bicyclic) bond motifs is 1. The van der Waals surface area contributed by atoms with Crippen LogP contribution in [0.2, 0.25) is 0 Å². The lowest BCUT2D eigenvalue weighted by atomic mass is 10.1. The molecule has 0 aliphatic carbocycles. The molecule has 2 rings (SSSR count). The largest absolute Gasteiger partial charge is 0.396 e. The molecule has 0 saturated carbocycles. The Balaban J connectivity index is 2.07. The van der Waals surface area contributed by atoms with Gasteiger partial charge in [-0.15, -0.1) is 0 Å². The fourth-order valence-electron chi connectivity index (χ4n) is 2.37. The van der Waals surface area contributed by atoms with E-state index in [-0.39, 0.29) is 24.6 Å². The maximum atomic E-state index is 12.0. The molecule has 120 valence electrons. The summed E-state index contributed by atoms with van der Waals surface area (Å²) in [5.41, 5.74) is 1.89. The molecule has 1 aromatic heterocycles. The molecular weight excluding hydrogens is 278 g/mol. The van der Waals surface area contributed by atoms with Crippen LogP contribution in [-0.2, 0) is 6.54 Å². The number of aromatic nitrogens is 1. The number of anilines is 1. The van der Waals surface area contributed by atoms with Crippen LogP contribution in [0.3, 0.4) is 0 Å². The van der Waals surface area contributed by atoms with Gasteiger partial charge in [0.25, 0.3) is 0 Å². The average Bonchev–Trinajstić information content (AvgIpc) is 2.89. The molecule has 22 heavy (non-hydrogen) atoms. The van der Waals surface area contributed by atoms with Crippen LogP contribution in [0.4, 0.5) is 10.5 Å². The number of nitrogens with zero attached hydrogens (tertiary/aromatic N) is 1. The van der Waals surface area contributed by atoms with E-state index in [1.807, 2.05) is 32.0 Å². The van der Waals surface area contributed by atoms with Crippen molar-refractivity contribution < 1.29 is 9.90 Å². The Labute approximate surface area is 131 Å². The minimum absolute atomic E-state index is 0.0232. The normalized spacial score (nSPS) is 13.8. The third-order valence-corrected chi connectivity index (χ3v) is 4.00. The van der Waals surface area contributed by atoms with Crippen molar-refractivity contribution in [2.24, 2.45) is 5.92 Å². The maximum Gasteiger partial charge on any atom is 0.319 e. The summed E-state index contributed by atoms with van der Waals surface area (Å²) in [7, 11) is 0. The van der Waals surface area contributed by atoms with Gasteiger partial charge in [0.1, 0.15) is 0 Å². The van der Waals surface area contributed by atoms with Crippen molar-refractivity contribution in [3.63, 3.8) is 0 Å². The van der Waals surface area contributed by atoms with Crippen LogP contribution in [0, 0.1) is 5.92 Å². The van der Waals surface area contributed by atoms with Gasteiger partial charge < -0.3 is 20.3 Å². The third kappa shape index (κ3) is 3.80. The highest BCUT2D eigenvalue weighted by Crippen LogP contribution is 2.21. The third-order valence-electron chi connectivity index (χ3n) is 4.00. The van der Waals surface area contributed by atoms with Crippen molar-refractivity contribution >= 4 is 22.6 Å². The summed E-state index contributed by atoms with van der Waals surface area (Å²) in [5.74, 6) is 0.0232. The lowest BCUT2D eigenvalue weighted by Gasteiger charge is -2.19. The molecule has 1 heterocycles. The van der Waals surface area contributed by atoms with Crippen molar-refractivity contribution in [1.82, 2.24) is 9.88 Å². The number of nitrogens with one attached hydrogen (secondary N) is 2. The van der Waals surface area contributed by atoms with Gasteiger partial charge in [-0.3, -0.25) is 0 Å². The number of aryl methyl sites for hydroxylation is 1. The SMILES string of the molecule is CCCn1ccc2ccc(NC(=O)NC(C)C(C)CO)cc21. The first-order valence-electron chi connectivity index (χ1n) is 7.82. The van der Waals surface area contributed by atoms with E-state index in [2.05, 4.69) is 34.4 Å². The van der Waals surface area contributed by atoms with Gasteiger partial charge in [-0.2, -0.15) is 0 Å². The van der Waals surface area contributed by atoms with Gasteiger partial charge in [0, 0.05) is 31.1 Å². The number of amides is 2. The Morgan fingerprint density at radius 1 is 1.32 bits per heavy atom. The molecule has 0 radical (unpaired) electrons. The first kappa shape index (κ1) is 16.4. The number of aliphatic hydroxyl groups is 1. The fourth-order valence-corrected chi connectivity index (χ4v) is 2.37.